The Morgan fingerprint density at radius 1 is 1.58 bits per heavy atom. The largest absolute Gasteiger partial charge is 0.480 e. The molecule has 1 amide bonds. The van der Waals surface area contributed by atoms with Crippen LogP contribution in [0.1, 0.15) is 30.3 Å². The Balaban J connectivity index is 2.25. The maximum atomic E-state index is 12.4. The Kier molecular flexibility index (Phi) is 4.42. The molecule has 0 spiro atoms. The molecule has 0 aromatic carbocycles. The fourth-order valence-electron chi connectivity index (χ4n) is 2.05. The highest BCUT2D eigenvalue weighted by Crippen LogP contribution is 2.34. The molecule has 0 bridgehead atoms. The van der Waals surface area contributed by atoms with Crippen LogP contribution in [0.25, 0.3) is 0 Å². The minimum atomic E-state index is -0.989. The monoisotopic (exact) mass is 303 g/mol. The summed E-state index contributed by atoms with van der Waals surface area (Å²) in [5, 5.41) is 9.20. The number of rotatable bonds is 4. The average molecular weight is 304 g/mol. The Hall–Kier alpha value is -1.14. The van der Waals surface area contributed by atoms with Crippen LogP contribution < -0.4 is 0 Å². The van der Waals surface area contributed by atoms with E-state index in [-0.39, 0.29) is 16.4 Å². The van der Waals surface area contributed by atoms with E-state index in [1.165, 1.54) is 28.8 Å². The van der Waals surface area contributed by atoms with Crippen LogP contribution in [0.15, 0.2) is 16.5 Å². The first-order valence-electron chi connectivity index (χ1n) is 5.97. The number of aliphatic carboxylic acids is 1. The molecule has 2 rings (SSSR count). The van der Waals surface area contributed by atoms with Crippen molar-refractivity contribution >= 4 is 35.2 Å². The summed E-state index contributed by atoms with van der Waals surface area (Å²) in [5.74, 6) is -0.917. The predicted molar refractivity (Wildman–Crippen MR) is 72.5 cm³/mol. The van der Waals surface area contributed by atoms with Gasteiger partial charge >= 0.3 is 5.97 Å². The minimum Gasteiger partial charge on any atom is -0.480 e. The zero-order valence-corrected chi connectivity index (χ0v) is 11.9. The van der Waals surface area contributed by atoms with Crippen molar-refractivity contribution < 1.29 is 19.1 Å². The maximum Gasteiger partial charge on any atom is 0.327 e. The molecule has 19 heavy (non-hydrogen) atoms. The van der Waals surface area contributed by atoms with Gasteiger partial charge in [-0.05, 0) is 30.2 Å². The fourth-order valence-corrected chi connectivity index (χ4v) is 3.71. The second-order valence-corrected chi connectivity index (χ2v) is 5.83. The standard InChI is InChI=1S/C12H14ClNO4S/c1-2-3-10-14(7(6-19-10)12(16)17)11(15)8-4-5-9(13)18-8/h4-5,7,10H,2-3,6H2,1H3,(H,16,17). The average Bonchev–Trinajstić information content (AvgIpc) is 2.95. The number of thioether (sulfide) groups is 1. The first kappa shape index (κ1) is 14.3. The molecule has 2 unspecified atom stereocenters. The third kappa shape index (κ3) is 2.90. The van der Waals surface area contributed by atoms with E-state index in [0.717, 1.165) is 12.8 Å². The first-order valence-corrected chi connectivity index (χ1v) is 7.39. The van der Waals surface area contributed by atoms with Crippen molar-refractivity contribution in [3.05, 3.63) is 23.1 Å². The van der Waals surface area contributed by atoms with Crippen molar-refractivity contribution in [3.63, 3.8) is 0 Å². The van der Waals surface area contributed by atoms with Crippen LogP contribution in [0.4, 0.5) is 0 Å². The van der Waals surface area contributed by atoms with E-state index >= 15 is 0 Å². The number of carbonyl (C=O) groups is 2. The van der Waals surface area contributed by atoms with E-state index in [0.29, 0.717) is 5.75 Å². The van der Waals surface area contributed by atoms with Gasteiger partial charge in [0.1, 0.15) is 6.04 Å². The maximum absolute atomic E-state index is 12.4. The highest BCUT2D eigenvalue weighted by molar-refractivity contribution is 8.00. The number of nitrogens with zero attached hydrogens (tertiary/aromatic N) is 1. The molecule has 2 atom stereocenters. The lowest BCUT2D eigenvalue weighted by molar-refractivity contribution is -0.141. The molecule has 0 radical (unpaired) electrons. The van der Waals surface area contributed by atoms with E-state index in [1.807, 2.05) is 6.92 Å². The molecule has 5 nitrogen and oxygen atoms in total. The second-order valence-electron chi connectivity index (χ2n) is 4.25. The van der Waals surface area contributed by atoms with E-state index in [2.05, 4.69) is 0 Å². The Morgan fingerprint density at radius 3 is 2.84 bits per heavy atom. The van der Waals surface area contributed by atoms with Gasteiger partial charge in [-0.15, -0.1) is 11.8 Å². The summed E-state index contributed by atoms with van der Waals surface area (Å²) >= 11 is 7.14. The van der Waals surface area contributed by atoms with Gasteiger partial charge in [-0.25, -0.2) is 4.79 Å². The summed E-state index contributed by atoms with van der Waals surface area (Å²) in [6.45, 7) is 2.00. The fraction of sp³-hybridized carbons (Fsp3) is 0.500. The van der Waals surface area contributed by atoms with Crippen LogP contribution in [0.3, 0.4) is 0 Å². The van der Waals surface area contributed by atoms with E-state index in [4.69, 9.17) is 16.0 Å². The van der Waals surface area contributed by atoms with Crippen molar-refractivity contribution in [3.8, 4) is 0 Å². The van der Waals surface area contributed by atoms with Crippen LogP contribution in [0.5, 0.6) is 0 Å². The molecule has 1 aromatic heterocycles. The van der Waals surface area contributed by atoms with Gasteiger partial charge in [-0.1, -0.05) is 13.3 Å². The van der Waals surface area contributed by atoms with Gasteiger partial charge in [0.25, 0.3) is 5.91 Å². The van der Waals surface area contributed by atoms with Crippen molar-refractivity contribution in [1.82, 2.24) is 4.90 Å². The number of furan rings is 1. The van der Waals surface area contributed by atoms with Crippen molar-refractivity contribution in [1.29, 1.82) is 0 Å². The molecule has 1 aromatic rings. The molecular formula is C12H14ClNO4S. The van der Waals surface area contributed by atoms with Crippen molar-refractivity contribution in [2.45, 2.75) is 31.2 Å². The van der Waals surface area contributed by atoms with Gasteiger partial charge < -0.3 is 14.4 Å². The predicted octanol–water partition coefficient (Wildman–Crippen LogP) is 2.70. The van der Waals surface area contributed by atoms with E-state index < -0.39 is 17.9 Å². The molecular weight excluding hydrogens is 290 g/mol. The molecule has 0 aliphatic carbocycles. The number of carbonyl (C=O) groups excluding carboxylic acids is 1. The SMILES string of the molecule is CCCC1SCC(C(=O)O)N1C(=O)c1ccc(Cl)o1. The molecule has 1 aliphatic heterocycles. The van der Waals surface area contributed by atoms with Crippen LogP contribution in [0, 0.1) is 0 Å². The van der Waals surface area contributed by atoms with E-state index in [1.54, 1.807) is 0 Å². The lowest BCUT2D eigenvalue weighted by Crippen LogP contribution is -2.45. The number of hydrogen-bond acceptors (Lipinski definition) is 4. The number of carboxylic acids is 1. The van der Waals surface area contributed by atoms with E-state index in [9.17, 15) is 14.7 Å². The summed E-state index contributed by atoms with van der Waals surface area (Å²) in [4.78, 5) is 25.0. The van der Waals surface area contributed by atoms with Crippen molar-refractivity contribution in [2.24, 2.45) is 0 Å². The van der Waals surface area contributed by atoms with Crippen LogP contribution in [-0.4, -0.2) is 39.1 Å². The minimum absolute atomic E-state index is 0.0832. The molecule has 2 heterocycles. The lowest BCUT2D eigenvalue weighted by Gasteiger charge is -2.26. The highest BCUT2D eigenvalue weighted by Gasteiger charge is 2.42. The summed E-state index contributed by atoms with van der Waals surface area (Å²) in [6.07, 6.45) is 1.64. The zero-order chi connectivity index (χ0) is 14.0. The summed E-state index contributed by atoms with van der Waals surface area (Å²) in [6, 6.07) is 2.14. The van der Waals surface area contributed by atoms with Gasteiger partial charge in [0.15, 0.2) is 11.0 Å². The topological polar surface area (TPSA) is 70.8 Å². The Labute approximate surface area is 119 Å². The molecule has 1 fully saturated rings. The van der Waals surface area contributed by atoms with Crippen LogP contribution in [-0.2, 0) is 4.79 Å². The first-order chi connectivity index (χ1) is 9.04. The van der Waals surface area contributed by atoms with Crippen LogP contribution in [0.2, 0.25) is 5.22 Å². The highest BCUT2D eigenvalue weighted by atomic mass is 35.5. The summed E-state index contributed by atoms with van der Waals surface area (Å²) < 4.78 is 5.08. The smallest absolute Gasteiger partial charge is 0.327 e. The normalized spacial score (nSPS) is 22.7. The van der Waals surface area contributed by atoms with Gasteiger partial charge in [-0.2, -0.15) is 0 Å². The Bertz CT molecular complexity index is 490. The summed E-state index contributed by atoms with van der Waals surface area (Å²) in [7, 11) is 0. The molecule has 104 valence electrons. The summed E-state index contributed by atoms with van der Waals surface area (Å²) in [5.41, 5.74) is 0. The second kappa shape index (κ2) is 5.88. The quantitative estimate of drug-likeness (QED) is 0.926. The molecule has 7 heteroatoms. The number of hydrogen-bond donors (Lipinski definition) is 1. The van der Waals surface area contributed by atoms with Gasteiger partial charge in [0.2, 0.25) is 0 Å². The van der Waals surface area contributed by atoms with Gasteiger partial charge in [0.05, 0.1) is 5.37 Å². The number of amides is 1. The molecule has 0 saturated carbocycles. The van der Waals surface area contributed by atoms with Crippen LogP contribution >= 0.6 is 23.4 Å². The van der Waals surface area contributed by atoms with Gasteiger partial charge in [0, 0.05) is 5.75 Å². The number of carboxylic acid groups (broad SMARTS) is 1. The lowest BCUT2D eigenvalue weighted by atomic mass is 10.2. The van der Waals surface area contributed by atoms with Crippen molar-refractivity contribution in [2.75, 3.05) is 5.75 Å². The third-order valence-electron chi connectivity index (χ3n) is 2.93. The van der Waals surface area contributed by atoms with Gasteiger partial charge in [-0.3, -0.25) is 4.79 Å². The number of halogens is 1. The molecule has 1 aliphatic rings. The molecule has 1 saturated heterocycles. The zero-order valence-electron chi connectivity index (χ0n) is 10.3. The molecule has 1 N–H and O–H groups in total. The third-order valence-corrected chi connectivity index (χ3v) is 4.49. The Morgan fingerprint density at radius 2 is 2.32 bits per heavy atom.